The van der Waals surface area contributed by atoms with Gasteiger partial charge in [0.1, 0.15) is 0 Å². The number of rotatable bonds is 8. The SMILES string of the molecule is CCOC(=O)C(C=Nc1nc(-c2ccccc2)c(-c2ccccc2)s1)C(=O)OCC. The molecule has 1 heterocycles. The summed E-state index contributed by atoms with van der Waals surface area (Å²) < 4.78 is 9.96. The monoisotopic (exact) mass is 422 g/mol. The van der Waals surface area contributed by atoms with Crippen LogP contribution in [0.5, 0.6) is 0 Å². The van der Waals surface area contributed by atoms with Gasteiger partial charge < -0.3 is 9.47 Å². The molecule has 3 aromatic rings. The number of esters is 2. The third-order valence-electron chi connectivity index (χ3n) is 4.11. The summed E-state index contributed by atoms with van der Waals surface area (Å²) in [6, 6.07) is 19.7. The van der Waals surface area contributed by atoms with Gasteiger partial charge in [0.05, 0.1) is 23.8 Å². The van der Waals surface area contributed by atoms with E-state index in [2.05, 4.69) is 9.98 Å². The van der Waals surface area contributed by atoms with Gasteiger partial charge in [-0.2, -0.15) is 0 Å². The first kappa shape index (κ1) is 21.4. The summed E-state index contributed by atoms with van der Waals surface area (Å²) in [5.74, 6) is -2.61. The van der Waals surface area contributed by atoms with E-state index in [4.69, 9.17) is 9.47 Å². The quantitative estimate of drug-likeness (QED) is 0.292. The lowest BCUT2D eigenvalue weighted by Gasteiger charge is -2.09. The molecule has 0 bridgehead atoms. The molecule has 6 nitrogen and oxygen atoms in total. The molecule has 3 rings (SSSR count). The average Bonchev–Trinajstić information content (AvgIpc) is 3.20. The van der Waals surface area contributed by atoms with E-state index in [1.165, 1.54) is 17.6 Å². The van der Waals surface area contributed by atoms with Crippen molar-refractivity contribution in [3.8, 4) is 21.7 Å². The number of hydrogen-bond donors (Lipinski definition) is 0. The van der Waals surface area contributed by atoms with Gasteiger partial charge in [-0.25, -0.2) is 9.98 Å². The van der Waals surface area contributed by atoms with Crippen LogP contribution in [0.15, 0.2) is 65.7 Å². The van der Waals surface area contributed by atoms with E-state index in [0.717, 1.165) is 21.7 Å². The minimum atomic E-state index is -1.23. The topological polar surface area (TPSA) is 77.9 Å². The van der Waals surface area contributed by atoms with E-state index >= 15 is 0 Å². The third-order valence-corrected chi connectivity index (χ3v) is 5.13. The van der Waals surface area contributed by atoms with Crippen LogP contribution in [0.1, 0.15) is 13.8 Å². The molecule has 0 unspecified atom stereocenters. The molecule has 154 valence electrons. The van der Waals surface area contributed by atoms with E-state index in [9.17, 15) is 9.59 Å². The van der Waals surface area contributed by atoms with Crippen molar-refractivity contribution in [3.05, 3.63) is 60.7 Å². The molecule has 0 saturated carbocycles. The van der Waals surface area contributed by atoms with Crippen LogP contribution in [0.3, 0.4) is 0 Å². The van der Waals surface area contributed by atoms with Gasteiger partial charge in [-0.1, -0.05) is 72.0 Å². The fourth-order valence-corrected chi connectivity index (χ4v) is 3.71. The first-order valence-corrected chi connectivity index (χ1v) is 10.4. The second kappa shape index (κ2) is 10.5. The summed E-state index contributed by atoms with van der Waals surface area (Å²) in [7, 11) is 0. The molecular weight excluding hydrogens is 400 g/mol. The Bertz CT molecular complexity index is 941. The summed E-state index contributed by atoms with van der Waals surface area (Å²) in [5, 5.41) is 0.436. The summed E-state index contributed by atoms with van der Waals surface area (Å²) in [5.41, 5.74) is 2.77. The smallest absolute Gasteiger partial charge is 0.325 e. The van der Waals surface area contributed by atoms with Crippen molar-refractivity contribution in [2.24, 2.45) is 10.9 Å². The molecule has 0 radical (unpaired) electrons. The predicted molar refractivity (Wildman–Crippen MR) is 118 cm³/mol. The van der Waals surface area contributed by atoms with Crippen molar-refractivity contribution in [3.63, 3.8) is 0 Å². The van der Waals surface area contributed by atoms with Gasteiger partial charge in [0, 0.05) is 11.8 Å². The summed E-state index contributed by atoms with van der Waals surface area (Å²) in [6.45, 7) is 3.68. The maximum atomic E-state index is 12.2. The molecule has 30 heavy (non-hydrogen) atoms. The van der Waals surface area contributed by atoms with Crippen LogP contribution >= 0.6 is 11.3 Å². The Labute approximate surface area is 179 Å². The highest BCUT2D eigenvalue weighted by atomic mass is 32.1. The molecular formula is C23H22N2O4S. The molecule has 0 saturated heterocycles. The first-order chi connectivity index (χ1) is 14.6. The first-order valence-electron chi connectivity index (χ1n) is 9.63. The molecule has 0 aliphatic heterocycles. The van der Waals surface area contributed by atoms with E-state index < -0.39 is 17.9 Å². The Kier molecular flexibility index (Phi) is 7.45. The lowest BCUT2D eigenvalue weighted by molar-refractivity contribution is -0.157. The number of carbonyl (C=O) groups is 2. The van der Waals surface area contributed by atoms with E-state index in [-0.39, 0.29) is 13.2 Å². The molecule has 0 aliphatic carbocycles. The van der Waals surface area contributed by atoms with E-state index in [1.807, 2.05) is 60.7 Å². The minimum Gasteiger partial charge on any atom is -0.465 e. The van der Waals surface area contributed by atoms with Crippen molar-refractivity contribution in [2.45, 2.75) is 13.8 Å². The Hall–Kier alpha value is -3.32. The number of benzene rings is 2. The third kappa shape index (κ3) is 5.18. The van der Waals surface area contributed by atoms with Gasteiger partial charge in [0.2, 0.25) is 5.13 Å². The number of carbonyl (C=O) groups excluding carboxylic acids is 2. The Morgan fingerprint density at radius 3 is 2.00 bits per heavy atom. The highest BCUT2D eigenvalue weighted by Gasteiger charge is 2.28. The number of aliphatic imine (C=N–C) groups is 1. The van der Waals surface area contributed by atoms with Crippen LogP contribution in [-0.4, -0.2) is 36.4 Å². The van der Waals surface area contributed by atoms with Crippen molar-refractivity contribution in [1.29, 1.82) is 0 Å². The summed E-state index contributed by atoms with van der Waals surface area (Å²) in [6.07, 6.45) is 1.25. The van der Waals surface area contributed by atoms with Crippen molar-refractivity contribution < 1.29 is 19.1 Å². The van der Waals surface area contributed by atoms with Crippen molar-refractivity contribution >= 4 is 34.6 Å². The maximum Gasteiger partial charge on any atom is 0.325 e. The van der Waals surface area contributed by atoms with Crippen LogP contribution in [0.25, 0.3) is 21.7 Å². The van der Waals surface area contributed by atoms with Crippen LogP contribution < -0.4 is 0 Å². The number of ether oxygens (including phenoxy) is 2. The zero-order valence-corrected chi connectivity index (χ0v) is 17.6. The fourth-order valence-electron chi connectivity index (χ4n) is 2.76. The molecule has 0 atom stereocenters. The van der Waals surface area contributed by atoms with Crippen LogP contribution in [0.2, 0.25) is 0 Å². The Morgan fingerprint density at radius 1 is 0.933 bits per heavy atom. The second-order valence-electron chi connectivity index (χ2n) is 6.17. The molecule has 1 aromatic heterocycles. The molecule has 0 aliphatic rings. The average molecular weight is 423 g/mol. The minimum absolute atomic E-state index is 0.163. The molecule has 0 N–H and O–H groups in total. The van der Waals surface area contributed by atoms with Crippen molar-refractivity contribution in [2.75, 3.05) is 13.2 Å². The van der Waals surface area contributed by atoms with Gasteiger partial charge in [-0.3, -0.25) is 9.59 Å². The molecule has 7 heteroatoms. The largest absolute Gasteiger partial charge is 0.465 e. The number of hydrogen-bond acceptors (Lipinski definition) is 7. The standard InChI is InChI=1S/C23H22N2O4S/c1-3-28-21(26)18(22(27)29-4-2)15-24-23-25-19(16-11-7-5-8-12-16)20(30-23)17-13-9-6-10-14-17/h5-15,18H,3-4H2,1-2H3. The predicted octanol–water partition coefficient (Wildman–Crippen LogP) is 4.92. The zero-order valence-electron chi connectivity index (χ0n) is 16.8. The maximum absolute atomic E-state index is 12.2. The zero-order chi connectivity index (χ0) is 21.3. The normalized spacial score (nSPS) is 11.0. The number of thiazole rings is 1. The number of aromatic nitrogens is 1. The molecule has 0 amide bonds. The highest BCUT2D eigenvalue weighted by Crippen LogP contribution is 2.39. The van der Waals surface area contributed by atoms with E-state index in [1.54, 1.807) is 13.8 Å². The van der Waals surface area contributed by atoms with Gasteiger partial charge in [-0.15, -0.1) is 0 Å². The number of nitrogens with zero attached hydrogens (tertiary/aromatic N) is 2. The van der Waals surface area contributed by atoms with Gasteiger partial charge in [0.15, 0.2) is 5.92 Å². The summed E-state index contributed by atoms with van der Waals surface area (Å²) in [4.78, 5) is 34.3. The lowest BCUT2D eigenvalue weighted by Crippen LogP contribution is -2.29. The second-order valence-corrected chi connectivity index (χ2v) is 7.14. The van der Waals surface area contributed by atoms with Crippen LogP contribution in [-0.2, 0) is 19.1 Å². The Balaban J connectivity index is 1.98. The lowest BCUT2D eigenvalue weighted by atomic mass is 10.1. The van der Waals surface area contributed by atoms with Gasteiger partial charge in [0.25, 0.3) is 0 Å². The van der Waals surface area contributed by atoms with Gasteiger partial charge >= 0.3 is 11.9 Å². The van der Waals surface area contributed by atoms with Crippen molar-refractivity contribution in [1.82, 2.24) is 4.98 Å². The van der Waals surface area contributed by atoms with Crippen LogP contribution in [0.4, 0.5) is 5.13 Å². The fraction of sp³-hybridized carbons (Fsp3) is 0.217. The molecule has 0 spiro atoms. The van der Waals surface area contributed by atoms with Crippen LogP contribution in [0, 0.1) is 5.92 Å². The highest BCUT2D eigenvalue weighted by molar-refractivity contribution is 7.19. The van der Waals surface area contributed by atoms with E-state index in [0.29, 0.717) is 5.13 Å². The van der Waals surface area contributed by atoms with Gasteiger partial charge in [-0.05, 0) is 19.4 Å². The molecule has 2 aromatic carbocycles. The molecule has 0 fully saturated rings. The summed E-state index contributed by atoms with van der Waals surface area (Å²) >= 11 is 1.39. The Morgan fingerprint density at radius 2 is 1.47 bits per heavy atom.